The number of aliphatic hydroxyl groups excluding tert-OH is 1. The number of benzene rings is 2. The minimum atomic E-state index is -4.01. The highest BCUT2D eigenvalue weighted by Crippen LogP contribution is 2.27. The number of aliphatic hydroxyl groups is 1. The van der Waals surface area contributed by atoms with Crippen LogP contribution < -0.4 is 15.8 Å². The van der Waals surface area contributed by atoms with Gasteiger partial charge in [-0.3, -0.25) is 0 Å². The molecule has 0 unspecified atom stereocenters. The predicted octanol–water partition coefficient (Wildman–Crippen LogP) is 2.30. The number of carbonyl (C=O) groups is 1. The average Bonchev–Trinajstić information content (AvgIpc) is 2.78. The van der Waals surface area contributed by atoms with Crippen molar-refractivity contribution in [1.29, 1.82) is 0 Å². The second-order valence-electron chi connectivity index (χ2n) is 8.99. The molecule has 5 N–H and O–H groups in total. The van der Waals surface area contributed by atoms with Gasteiger partial charge in [-0.05, 0) is 54.6 Å². The highest BCUT2D eigenvalue weighted by molar-refractivity contribution is 7.89. The average molecular weight is 494 g/mol. The van der Waals surface area contributed by atoms with Crippen molar-refractivity contribution in [1.82, 2.24) is 9.62 Å². The van der Waals surface area contributed by atoms with E-state index in [1.807, 2.05) is 44.2 Å². The Bertz CT molecular complexity index is 1010. The van der Waals surface area contributed by atoms with E-state index in [2.05, 4.69) is 5.32 Å². The molecular formula is C24H35N3O6S. The van der Waals surface area contributed by atoms with Gasteiger partial charge in [0.05, 0.1) is 24.2 Å². The summed E-state index contributed by atoms with van der Waals surface area (Å²) in [6, 6.07) is 14.2. The first kappa shape index (κ1) is 27.6. The van der Waals surface area contributed by atoms with E-state index in [-0.39, 0.29) is 24.4 Å². The van der Waals surface area contributed by atoms with Crippen molar-refractivity contribution in [2.75, 3.05) is 26.7 Å². The minimum absolute atomic E-state index is 0.0508. The SMILES string of the molecule is COc1ccc(S(=O)(=O)N(C[C@H](O)[C@H](Cc2ccccc2)NC(=O)O)CC(C)(C)CCN)cc1. The van der Waals surface area contributed by atoms with Gasteiger partial charge in [-0.2, -0.15) is 4.31 Å². The van der Waals surface area contributed by atoms with E-state index in [1.54, 1.807) is 12.1 Å². The molecule has 2 aromatic rings. The lowest BCUT2D eigenvalue weighted by molar-refractivity contribution is 0.0909. The molecule has 0 aromatic heterocycles. The lowest BCUT2D eigenvalue weighted by Gasteiger charge is -2.34. The maximum atomic E-state index is 13.6. The van der Waals surface area contributed by atoms with E-state index in [1.165, 1.54) is 23.5 Å². The maximum Gasteiger partial charge on any atom is 0.404 e. The number of amides is 1. The smallest absolute Gasteiger partial charge is 0.404 e. The molecule has 9 nitrogen and oxygen atoms in total. The molecule has 0 fully saturated rings. The summed E-state index contributed by atoms with van der Waals surface area (Å²) >= 11 is 0. The van der Waals surface area contributed by atoms with Crippen LogP contribution in [-0.4, -0.2) is 67.9 Å². The Morgan fingerprint density at radius 2 is 1.76 bits per heavy atom. The van der Waals surface area contributed by atoms with Gasteiger partial charge in [-0.15, -0.1) is 0 Å². The van der Waals surface area contributed by atoms with Gasteiger partial charge >= 0.3 is 6.09 Å². The third-order valence-electron chi connectivity index (χ3n) is 5.59. The van der Waals surface area contributed by atoms with Gasteiger partial charge in [0.15, 0.2) is 0 Å². The van der Waals surface area contributed by atoms with Gasteiger partial charge in [0.25, 0.3) is 0 Å². The van der Waals surface area contributed by atoms with E-state index < -0.39 is 33.7 Å². The maximum absolute atomic E-state index is 13.6. The molecule has 34 heavy (non-hydrogen) atoms. The van der Waals surface area contributed by atoms with Crippen molar-refractivity contribution in [3.63, 3.8) is 0 Å². The number of sulfonamides is 1. The number of methoxy groups -OCH3 is 1. The molecule has 10 heteroatoms. The quantitative estimate of drug-likeness (QED) is 0.335. The molecule has 0 aliphatic heterocycles. The number of ether oxygens (including phenoxy) is 1. The van der Waals surface area contributed by atoms with Crippen LogP contribution in [0.1, 0.15) is 25.8 Å². The van der Waals surface area contributed by atoms with E-state index >= 15 is 0 Å². The van der Waals surface area contributed by atoms with Crippen molar-refractivity contribution in [3.05, 3.63) is 60.2 Å². The molecule has 2 aromatic carbocycles. The Labute approximate surface area is 201 Å². The summed E-state index contributed by atoms with van der Waals surface area (Å²) in [7, 11) is -2.52. The molecule has 188 valence electrons. The minimum Gasteiger partial charge on any atom is -0.497 e. The number of nitrogens with one attached hydrogen (secondary N) is 1. The van der Waals surface area contributed by atoms with Crippen molar-refractivity contribution in [2.45, 2.75) is 43.7 Å². The topological polar surface area (TPSA) is 142 Å². The molecule has 1 amide bonds. The highest BCUT2D eigenvalue weighted by Gasteiger charge is 2.34. The van der Waals surface area contributed by atoms with Crippen molar-refractivity contribution < 1.29 is 28.2 Å². The number of nitrogens with two attached hydrogens (primary N) is 1. The predicted molar refractivity (Wildman–Crippen MR) is 130 cm³/mol. The Kier molecular flexibility index (Phi) is 9.87. The Morgan fingerprint density at radius 1 is 1.15 bits per heavy atom. The van der Waals surface area contributed by atoms with Crippen LogP contribution in [-0.2, 0) is 16.4 Å². The van der Waals surface area contributed by atoms with Crippen LogP contribution in [0.2, 0.25) is 0 Å². The van der Waals surface area contributed by atoms with Gasteiger partial charge in [-0.25, -0.2) is 13.2 Å². The van der Waals surface area contributed by atoms with Crippen LogP contribution in [0.4, 0.5) is 4.79 Å². The molecule has 2 atom stereocenters. The van der Waals surface area contributed by atoms with E-state index in [4.69, 9.17) is 10.5 Å². The fourth-order valence-corrected chi connectivity index (χ4v) is 5.38. The van der Waals surface area contributed by atoms with Crippen molar-refractivity contribution >= 4 is 16.1 Å². The number of carboxylic acid groups (broad SMARTS) is 1. The summed E-state index contributed by atoms with van der Waals surface area (Å²) in [5, 5.41) is 22.7. The molecule has 0 saturated heterocycles. The molecular weight excluding hydrogens is 458 g/mol. The summed E-state index contributed by atoms with van der Waals surface area (Å²) in [6.45, 7) is 3.99. The van der Waals surface area contributed by atoms with Gasteiger partial charge in [0.2, 0.25) is 10.0 Å². The third-order valence-corrected chi connectivity index (χ3v) is 7.41. The van der Waals surface area contributed by atoms with Crippen LogP contribution in [0.5, 0.6) is 5.75 Å². The first-order valence-corrected chi connectivity index (χ1v) is 12.5. The largest absolute Gasteiger partial charge is 0.497 e. The fourth-order valence-electron chi connectivity index (χ4n) is 3.74. The van der Waals surface area contributed by atoms with Gasteiger partial charge < -0.3 is 26.0 Å². The Morgan fingerprint density at radius 3 is 2.29 bits per heavy atom. The summed E-state index contributed by atoms with van der Waals surface area (Å²) < 4.78 is 33.4. The Balaban J connectivity index is 2.36. The van der Waals surface area contributed by atoms with Gasteiger partial charge in [-0.1, -0.05) is 44.2 Å². The van der Waals surface area contributed by atoms with Gasteiger partial charge in [0, 0.05) is 13.1 Å². The lowest BCUT2D eigenvalue weighted by Crippen LogP contribution is -2.51. The van der Waals surface area contributed by atoms with Crippen molar-refractivity contribution in [2.24, 2.45) is 11.1 Å². The highest BCUT2D eigenvalue weighted by atomic mass is 32.2. The standard InChI is InChI=1S/C24H35N3O6S/c1-24(2,13-14-25)17-27(34(31,32)20-11-9-19(33-3)10-12-20)16-22(28)21(26-23(29)30)15-18-7-5-4-6-8-18/h4-12,21-22,26,28H,13-17,25H2,1-3H3,(H,29,30)/t21-,22-/m0/s1. The lowest BCUT2D eigenvalue weighted by atomic mass is 9.89. The van der Waals surface area contributed by atoms with Gasteiger partial charge in [0.1, 0.15) is 5.75 Å². The monoisotopic (exact) mass is 493 g/mol. The van der Waals surface area contributed by atoms with E-state index in [0.29, 0.717) is 18.7 Å². The number of hydrogen-bond acceptors (Lipinski definition) is 6. The molecule has 0 saturated carbocycles. The zero-order valence-corrected chi connectivity index (χ0v) is 20.7. The second kappa shape index (κ2) is 12.2. The van der Waals surface area contributed by atoms with E-state index in [9.17, 15) is 23.4 Å². The van der Waals surface area contributed by atoms with Crippen molar-refractivity contribution in [3.8, 4) is 5.75 Å². The molecule has 0 aliphatic rings. The first-order chi connectivity index (χ1) is 16.0. The number of nitrogens with zero attached hydrogens (tertiary/aromatic N) is 1. The molecule has 0 radical (unpaired) electrons. The van der Waals surface area contributed by atoms with Crippen LogP contribution >= 0.6 is 0 Å². The molecule has 0 aliphatic carbocycles. The molecule has 2 rings (SSSR count). The zero-order chi connectivity index (χ0) is 25.4. The van der Waals surface area contributed by atoms with Crippen LogP contribution in [0.3, 0.4) is 0 Å². The summed E-state index contributed by atoms with van der Waals surface area (Å²) in [5.74, 6) is 0.516. The summed E-state index contributed by atoms with van der Waals surface area (Å²) in [6.07, 6.45) is -1.82. The number of rotatable bonds is 13. The third kappa shape index (κ3) is 7.98. The molecule has 0 bridgehead atoms. The summed E-state index contributed by atoms with van der Waals surface area (Å²) in [5.41, 5.74) is 6.07. The normalized spacial score (nSPS) is 13.9. The fraction of sp³-hybridized carbons (Fsp3) is 0.458. The van der Waals surface area contributed by atoms with Crippen LogP contribution in [0.25, 0.3) is 0 Å². The Hall–Kier alpha value is -2.66. The van der Waals surface area contributed by atoms with E-state index in [0.717, 1.165) is 5.56 Å². The first-order valence-electron chi connectivity index (χ1n) is 11.0. The second-order valence-corrected chi connectivity index (χ2v) is 10.9. The zero-order valence-electron chi connectivity index (χ0n) is 19.8. The van der Waals surface area contributed by atoms with Crippen LogP contribution in [0, 0.1) is 5.41 Å². The van der Waals surface area contributed by atoms with Crippen LogP contribution in [0.15, 0.2) is 59.5 Å². The molecule has 0 heterocycles. The summed E-state index contributed by atoms with van der Waals surface area (Å²) in [4.78, 5) is 11.5. The molecule has 0 spiro atoms. The number of hydrogen-bond donors (Lipinski definition) is 4.